The van der Waals surface area contributed by atoms with Gasteiger partial charge in [-0.25, -0.2) is 0 Å². The van der Waals surface area contributed by atoms with Crippen molar-refractivity contribution in [2.24, 2.45) is 46.3 Å². The van der Waals surface area contributed by atoms with Gasteiger partial charge < -0.3 is 189 Å². The fourth-order valence-corrected chi connectivity index (χ4v) is 19.6. The van der Waals surface area contributed by atoms with Crippen molar-refractivity contribution in [3.05, 3.63) is 11.6 Å². The van der Waals surface area contributed by atoms with Crippen LogP contribution in [0.25, 0.3) is 0 Å². The van der Waals surface area contributed by atoms with E-state index in [1.807, 2.05) is 0 Å². The number of methoxy groups -OCH3 is 2. The second-order valence-corrected chi connectivity index (χ2v) is 37.1. The summed E-state index contributed by atoms with van der Waals surface area (Å²) in [5, 5.41) is 89.7. The average Bonchev–Trinajstić information content (AvgIpc) is 1.63. The van der Waals surface area contributed by atoms with Crippen LogP contribution in [0, 0.1) is 46.3 Å². The molecule has 0 aromatic rings. The van der Waals surface area contributed by atoms with Gasteiger partial charge in [-0.15, -0.1) is 0 Å². The number of aliphatic hydroxyl groups is 8. The Morgan fingerprint density at radius 3 is 1.19 bits per heavy atom. The Balaban J connectivity index is 1.08. The molecule has 3 saturated carbocycles. The summed E-state index contributed by atoms with van der Waals surface area (Å²) in [5.74, 6) is 1.99. The Bertz CT molecular complexity index is 3140. The minimum absolute atomic E-state index is 0.0105. The van der Waals surface area contributed by atoms with Crippen LogP contribution in [-0.4, -0.2) is 513 Å². The molecule has 1 aliphatic heterocycles. The van der Waals surface area contributed by atoms with E-state index in [9.17, 15) is 60.0 Å². The molecular formula is C102H190N4O39. The van der Waals surface area contributed by atoms with Gasteiger partial charge in [0, 0.05) is 59.9 Å². The summed E-state index contributed by atoms with van der Waals surface area (Å²) in [7, 11) is 3.26. The average molecular weight is 2100 g/mol. The highest BCUT2D eigenvalue weighted by molar-refractivity contribution is 5.81. The predicted octanol–water partition coefficient (Wildman–Crippen LogP) is 2.17. The number of nitrogens with one attached hydrogen (secondary N) is 2. The van der Waals surface area contributed by atoms with Crippen LogP contribution in [0.5, 0.6) is 0 Å². The number of fused-ring (bicyclic) bond motifs is 5. The van der Waals surface area contributed by atoms with Crippen molar-refractivity contribution < 1.29 is 188 Å². The Labute approximate surface area is 862 Å². The lowest BCUT2D eigenvalue weighted by Gasteiger charge is -2.59. The van der Waals surface area contributed by atoms with Crippen LogP contribution in [0.1, 0.15) is 137 Å². The van der Waals surface area contributed by atoms with Gasteiger partial charge in [-0.2, -0.15) is 0 Å². The van der Waals surface area contributed by atoms with Crippen LogP contribution in [-0.2, 0) is 147 Å². The van der Waals surface area contributed by atoms with Gasteiger partial charge in [-0.05, 0) is 104 Å². The number of carbonyl (C=O) groups excluding carboxylic acids is 4. The molecule has 1 saturated heterocycles. The molecule has 0 radical (unpaired) electrons. The number of carbonyl (C=O) groups is 4. The van der Waals surface area contributed by atoms with E-state index in [4.69, 9.17) is 128 Å². The maximum atomic E-state index is 14.3. The zero-order valence-electron chi connectivity index (χ0n) is 88.6. The highest BCUT2D eigenvalue weighted by atomic mass is 16.7. The SMILES string of the molecule is CCC(CC)CCC[C@@H](CC)[C@H]1CC[C@H]2[C@@H]3CC=C4C[C@@H](OCCC(=O)NCCN(CCN(CCNC(=O)[C@H](O)[C@@H](O)[C@H](O[C@@H]5O[C@H](CO)[C@H](O)[C@H](O)[C@H]5O)[C@H](O)CO)C(=O)COCCOCCOCCOCCOCCOCCOCCOCCOCCOCCOCCOC)C(=O)COCCOCCOCCOCCOCCOCCOCCOCCOCCOCCOCCOC)CC[C@]4(CC)[C@H]3CC[C@]12C. The van der Waals surface area contributed by atoms with Gasteiger partial charge in [0.15, 0.2) is 12.4 Å². The van der Waals surface area contributed by atoms with E-state index in [0.717, 1.165) is 55.8 Å². The number of hydrogen-bond donors (Lipinski definition) is 10. The molecule has 10 N–H and O–H groups in total. The van der Waals surface area contributed by atoms with Gasteiger partial charge in [-0.3, -0.25) is 19.2 Å². The zero-order chi connectivity index (χ0) is 105. The van der Waals surface area contributed by atoms with Gasteiger partial charge in [0.05, 0.1) is 317 Å². The maximum absolute atomic E-state index is 14.3. The number of aliphatic hydroxyl groups excluding tert-OH is 8. The molecule has 0 unspecified atom stereocenters. The fourth-order valence-electron chi connectivity index (χ4n) is 19.6. The molecule has 0 spiro atoms. The van der Waals surface area contributed by atoms with Crippen molar-refractivity contribution in [1.29, 1.82) is 0 Å². The first-order valence-corrected chi connectivity index (χ1v) is 53.5. The summed E-state index contributed by atoms with van der Waals surface area (Å²) >= 11 is 0. The third-order valence-corrected chi connectivity index (χ3v) is 27.7. The summed E-state index contributed by atoms with van der Waals surface area (Å²) in [6, 6.07) is 0. The fraction of sp³-hybridized carbons (Fsp3) is 0.941. The third-order valence-electron chi connectivity index (χ3n) is 27.7. The first-order chi connectivity index (χ1) is 70.8. The Hall–Kier alpha value is -3.78. The number of ether oxygens (including phenoxy) is 27. The molecule has 5 rings (SSSR count). The molecule has 43 heteroatoms. The molecule has 43 nitrogen and oxygen atoms in total. The normalized spacial score (nSPS) is 22.6. The molecule has 1 heterocycles. The maximum Gasteiger partial charge on any atom is 0.251 e. The number of rotatable bonds is 100. The molecule has 145 heavy (non-hydrogen) atoms. The van der Waals surface area contributed by atoms with E-state index < -0.39 is 99.3 Å². The lowest BCUT2D eigenvalue weighted by atomic mass is 9.46. The predicted molar refractivity (Wildman–Crippen MR) is 531 cm³/mol. The summed E-state index contributed by atoms with van der Waals surface area (Å²) in [5.41, 5.74) is 2.12. The summed E-state index contributed by atoms with van der Waals surface area (Å²) < 4.78 is 150. The van der Waals surface area contributed by atoms with Crippen LogP contribution in [0.2, 0.25) is 0 Å². The minimum Gasteiger partial charge on any atom is -0.394 e. The Kier molecular flexibility index (Phi) is 77.7. The van der Waals surface area contributed by atoms with E-state index >= 15 is 0 Å². The molecule has 0 bridgehead atoms. The first kappa shape index (κ1) is 132. The summed E-state index contributed by atoms with van der Waals surface area (Å²) in [4.78, 5) is 58.7. The number of hydrogen-bond acceptors (Lipinski definition) is 39. The second-order valence-electron chi connectivity index (χ2n) is 37.1. The topological polar surface area (TPSA) is 510 Å². The lowest BCUT2D eigenvalue weighted by molar-refractivity contribution is -0.326. The number of nitrogens with zero attached hydrogens (tertiary/aromatic N) is 2. The summed E-state index contributed by atoms with van der Waals surface area (Å²) in [6.07, 6.45) is 2.94. The molecule has 17 atom stereocenters. The molecule has 0 aromatic heterocycles. The number of allylic oxidation sites excluding steroid dienone is 1. The molecule has 4 amide bonds. The van der Waals surface area contributed by atoms with Gasteiger partial charge in [-0.1, -0.05) is 84.8 Å². The monoisotopic (exact) mass is 2100 g/mol. The molecule has 4 fully saturated rings. The van der Waals surface area contributed by atoms with E-state index in [-0.39, 0.29) is 123 Å². The quantitative estimate of drug-likeness (QED) is 0.0308. The third kappa shape index (κ3) is 55.2. The zero-order valence-corrected chi connectivity index (χ0v) is 88.6. The highest BCUT2D eigenvalue weighted by Crippen LogP contribution is 2.68. The van der Waals surface area contributed by atoms with Crippen LogP contribution in [0.15, 0.2) is 11.6 Å². The van der Waals surface area contributed by atoms with Crippen molar-refractivity contribution in [2.75, 3.05) is 377 Å². The van der Waals surface area contributed by atoms with E-state index in [1.165, 1.54) is 74.0 Å². The molecule has 5 aliphatic rings. The van der Waals surface area contributed by atoms with Crippen LogP contribution in [0.3, 0.4) is 0 Å². The van der Waals surface area contributed by atoms with E-state index in [0.29, 0.717) is 255 Å². The Morgan fingerprint density at radius 1 is 0.441 bits per heavy atom. The van der Waals surface area contributed by atoms with Crippen molar-refractivity contribution in [1.82, 2.24) is 20.4 Å². The summed E-state index contributed by atoms with van der Waals surface area (Å²) in [6.45, 7) is 25.5. The second kappa shape index (κ2) is 85.6. The first-order valence-electron chi connectivity index (χ1n) is 53.5. The van der Waals surface area contributed by atoms with Gasteiger partial charge in [0.1, 0.15) is 55.9 Å². The van der Waals surface area contributed by atoms with Crippen molar-refractivity contribution in [3.8, 4) is 0 Å². The standard InChI is InChI=1S/C102H190N4O39/c1-8-80(9-2)13-12-14-81(10-3)85-17-18-86-84-16-15-82-75-83(19-23-102(82,11-4)87(84)20-22-101(85,86)5)143-30-21-90(110)103-24-26-105(91(111)78-141-73-71-139-69-67-137-65-63-135-61-59-133-57-55-131-53-51-129-49-47-127-45-43-125-41-39-123-37-35-121-33-31-119-6)28-29-106(27-25-104-99(118)96(116)95(115)98(88(109)76-107)145-100-97(117)94(114)93(113)89(77-108)144-100)92(112)79-142-74-72-140-70-68-138-66-64-136-62-60-134-58-56-132-54-52-130-50-48-128-46-44-126-42-40-124-38-36-122-34-32-120-7/h15,80-81,83-89,93-98,100,107-109,113-117H,8-14,16-79H2,1-7H3,(H,103,110)(H,104,118)/t81-,83+,84+,85-,86+,87+,88-,89-,93+,94+,95-,96-,97-,98-,100+,101-,102+/m1/s1. The highest BCUT2D eigenvalue weighted by Gasteiger charge is 2.60. The number of amides is 4. The molecular weight excluding hydrogens is 1910 g/mol. The van der Waals surface area contributed by atoms with Crippen LogP contribution in [0.4, 0.5) is 0 Å². The smallest absolute Gasteiger partial charge is 0.251 e. The minimum atomic E-state index is -2.41. The van der Waals surface area contributed by atoms with Crippen LogP contribution >= 0.6 is 0 Å². The lowest BCUT2D eigenvalue weighted by Crippen LogP contribution is -2.62. The van der Waals surface area contributed by atoms with Crippen LogP contribution < -0.4 is 10.6 Å². The largest absolute Gasteiger partial charge is 0.394 e. The van der Waals surface area contributed by atoms with E-state index in [1.54, 1.807) is 19.8 Å². The van der Waals surface area contributed by atoms with Gasteiger partial charge in [0.25, 0.3) is 5.91 Å². The van der Waals surface area contributed by atoms with E-state index in [2.05, 4.69) is 51.3 Å². The van der Waals surface area contributed by atoms with Crippen molar-refractivity contribution >= 4 is 23.6 Å². The molecule has 852 valence electrons. The van der Waals surface area contributed by atoms with Gasteiger partial charge >= 0.3 is 0 Å². The Morgan fingerprint density at radius 2 is 0.828 bits per heavy atom. The molecule has 0 aromatic carbocycles. The molecule has 4 aliphatic carbocycles. The van der Waals surface area contributed by atoms with Crippen molar-refractivity contribution in [2.45, 2.75) is 199 Å². The van der Waals surface area contributed by atoms with Gasteiger partial charge in [0.2, 0.25) is 17.7 Å². The van der Waals surface area contributed by atoms with Crippen molar-refractivity contribution in [3.63, 3.8) is 0 Å².